The fraction of sp³-hybridized carbons (Fsp3) is 0.643. The third-order valence-electron chi connectivity index (χ3n) is 17.6. The summed E-state index contributed by atoms with van der Waals surface area (Å²) in [6.07, 6.45) is 10.8. The van der Waals surface area contributed by atoms with Crippen LogP contribution in [0.4, 0.5) is 9.59 Å². The molecule has 12 rings (SSSR count). The molecular weight excluding hydrogens is 1010 g/mol. The summed E-state index contributed by atoms with van der Waals surface area (Å²) >= 11 is 0. The number of aryl methyl sites for hydroxylation is 2. The van der Waals surface area contributed by atoms with Crippen molar-refractivity contribution in [3.05, 3.63) is 95.3 Å². The van der Waals surface area contributed by atoms with E-state index in [9.17, 15) is 26.4 Å². The highest BCUT2D eigenvalue weighted by Crippen LogP contribution is 2.46. The standard InChI is InChI=1S/2C28H38N4O5S/c2*1-30-27(15-26(29-30)22-7-8-22)38(34,35)31-17-23-13-25(14-24(23)18-31)32(16-20-9-11-36-12-10-20)28(33)37-19-21-5-3-2-4-6-21/h2*2-6,15,20,22-25H,7-14,16-19H2,1H3/t2*23-,24+,25?. The lowest BCUT2D eigenvalue weighted by molar-refractivity contribution is 0.0350. The Labute approximate surface area is 448 Å². The van der Waals surface area contributed by atoms with Crippen molar-refractivity contribution in [1.82, 2.24) is 38.0 Å². The molecule has 8 fully saturated rings. The number of rotatable bonds is 16. The summed E-state index contributed by atoms with van der Waals surface area (Å²) in [5, 5.41) is 9.54. The van der Waals surface area contributed by atoms with Crippen molar-refractivity contribution in [3.8, 4) is 0 Å². The second-order valence-electron chi connectivity index (χ2n) is 23.0. The van der Waals surface area contributed by atoms with E-state index >= 15 is 0 Å². The summed E-state index contributed by atoms with van der Waals surface area (Å²) in [6, 6.07) is 23.2. The largest absolute Gasteiger partial charge is 0.445 e. The molecule has 0 bridgehead atoms. The van der Waals surface area contributed by atoms with E-state index in [-0.39, 0.29) is 61.2 Å². The van der Waals surface area contributed by atoms with Crippen molar-refractivity contribution < 1.29 is 45.4 Å². The minimum absolute atomic E-state index is 0.0687. The van der Waals surface area contributed by atoms with Crippen molar-refractivity contribution >= 4 is 32.2 Å². The second kappa shape index (κ2) is 22.8. The van der Waals surface area contributed by atoms with Crippen LogP contribution in [0.25, 0.3) is 0 Å². The summed E-state index contributed by atoms with van der Waals surface area (Å²) in [4.78, 5) is 30.6. The van der Waals surface area contributed by atoms with Crippen LogP contribution in [0.15, 0.2) is 82.8 Å². The van der Waals surface area contributed by atoms with Crippen LogP contribution >= 0.6 is 0 Å². The Hall–Kier alpha value is -4.86. The van der Waals surface area contributed by atoms with Crippen LogP contribution in [0.5, 0.6) is 0 Å². The minimum atomic E-state index is -3.60. The summed E-state index contributed by atoms with van der Waals surface area (Å²) in [5.74, 6) is 2.58. The molecule has 0 N–H and O–H groups in total. The number of benzene rings is 2. The molecular formula is C56H76N8O10S2. The van der Waals surface area contributed by atoms with Gasteiger partial charge in [-0.15, -0.1) is 0 Å². The zero-order valence-electron chi connectivity index (χ0n) is 44.1. The number of hydrogen-bond acceptors (Lipinski definition) is 12. The van der Waals surface area contributed by atoms with E-state index in [0.717, 1.165) is 126 Å². The van der Waals surface area contributed by atoms with Gasteiger partial charge in [0.15, 0.2) is 10.1 Å². The van der Waals surface area contributed by atoms with E-state index in [1.165, 1.54) is 9.36 Å². The van der Waals surface area contributed by atoms with Gasteiger partial charge in [0.25, 0.3) is 20.0 Å². The molecule has 412 valence electrons. The number of carbonyl (C=O) groups is 2. The molecule has 76 heavy (non-hydrogen) atoms. The first-order chi connectivity index (χ1) is 36.8. The maximum atomic E-state index is 13.5. The molecule has 4 aromatic rings. The third kappa shape index (κ3) is 12.1. The Balaban J connectivity index is 0.000000162. The molecule has 2 unspecified atom stereocenters. The van der Waals surface area contributed by atoms with E-state index in [0.29, 0.717) is 73.0 Å². The predicted octanol–water partition coefficient (Wildman–Crippen LogP) is 7.52. The maximum absolute atomic E-state index is 13.5. The third-order valence-corrected chi connectivity index (χ3v) is 21.4. The Morgan fingerprint density at radius 2 is 0.882 bits per heavy atom. The second-order valence-corrected chi connectivity index (χ2v) is 26.8. The first-order valence-electron chi connectivity index (χ1n) is 27.9. The normalized spacial score (nSPS) is 26.4. The summed E-state index contributed by atoms with van der Waals surface area (Å²) < 4.78 is 83.0. The van der Waals surface area contributed by atoms with Crippen LogP contribution in [0, 0.1) is 35.5 Å². The van der Waals surface area contributed by atoms with Crippen molar-refractivity contribution in [3.63, 3.8) is 0 Å². The average molecular weight is 1090 g/mol. The van der Waals surface area contributed by atoms with E-state index in [4.69, 9.17) is 18.9 Å². The Morgan fingerprint density at radius 3 is 1.21 bits per heavy atom. The van der Waals surface area contributed by atoms with Crippen LogP contribution in [0.1, 0.15) is 111 Å². The van der Waals surface area contributed by atoms with Gasteiger partial charge in [-0.3, -0.25) is 9.36 Å². The number of fused-ring (bicyclic) bond motifs is 2. The zero-order valence-corrected chi connectivity index (χ0v) is 45.8. The fourth-order valence-corrected chi connectivity index (χ4v) is 16.3. The number of sulfonamides is 2. The van der Waals surface area contributed by atoms with Gasteiger partial charge in [-0.2, -0.15) is 18.8 Å². The van der Waals surface area contributed by atoms with E-state index in [1.54, 1.807) is 34.8 Å². The molecule has 6 heterocycles. The molecule has 6 atom stereocenters. The van der Waals surface area contributed by atoms with Crippen LogP contribution in [-0.4, -0.2) is 145 Å². The number of carbonyl (C=O) groups excluding carboxylic acids is 2. The Bertz CT molecular complexity index is 2640. The first-order valence-corrected chi connectivity index (χ1v) is 30.8. The fourth-order valence-electron chi connectivity index (χ4n) is 13.0. The highest BCUT2D eigenvalue weighted by Gasteiger charge is 2.50. The zero-order chi connectivity index (χ0) is 52.6. The quantitative estimate of drug-likeness (QED) is 0.108. The van der Waals surface area contributed by atoms with Gasteiger partial charge in [0.05, 0.1) is 11.4 Å². The van der Waals surface area contributed by atoms with Gasteiger partial charge in [0.2, 0.25) is 0 Å². The van der Waals surface area contributed by atoms with Gasteiger partial charge < -0.3 is 28.7 Å². The number of hydrogen-bond donors (Lipinski definition) is 0. The van der Waals surface area contributed by atoms with E-state index in [2.05, 4.69) is 10.2 Å². The lowest BCUT2D eigenvalue weighted by atomic mass is 9.98. The van der Waals surface area contributed by atoms with Crippen LogP contribution < -0.4 is 0 Å². The van der Waals surface area contributed by atoms with E-state index in [1.807, 2.05) is 70.5 Å². The molecule has 20 heteroatoms. The van der Waals surface area contributed by atoms with Gasteiger partial charge in [-0.1, -0.05) is 60.7 Å². The van der Waals surface area contributed by atoms with Gasteiger partial charge in [0.1, 0.15) is 13.2 Å². The molecule has 4 aliphatic carbocycles. The minimum Gasteiger partial charge on any atom is -0.445 e. The first kappa shape index (κ1) is 53.2. The molecule has 4 saturated carbocycles. The van der Waals surface area contributed by atoms with Crippen molar-refractivity contribution in [1.29, 1.82) is 0 Å². The van der Waals surface area contributed by atoms with Crippen LogP contribution in [0.2, 0.25) is 0 Å². The monoisotopic (exact) mass is 1080 g/mol. The number of ether oxygens (including phenoxy) is 4. The molecule has 2 aromatic carbocycles. The molecule has 2 aromatic heterocycles. The van der Waals surface area contributed by atoms with Crippen molar-refractivity contribution in [2.75, 3.05) is 65.7 Å². The highest BCUT2D eigenvalue weighted by atomic mass is 32.2. The van der Waals surface area contributed by atoms with Gasteiger partial charge in [-0.05, 0) is 124 Å². The smallest absolute Gasteiger partial charge is 0.410 e. The predicted molar refractivity (Wildman–Crippen MR) is 282 cm³/mol. The summed E-state index contributed by atoms with van der Waals surface area (Å²) in [6.45, 7) is 6.77. The molecule has 18 nitrogen and oxygen atoms in total. The lowest BCUT2D eigenvalue weighted by Crippen LogP contribution is -2.44. The summed E-state index contributed by atoms with van der Waals surface area (Å²) in [7, 11) is -3.75. The molecule has 0 radical (unpaired) electrons. The SMILES string of the molecule is Cn1nc(C2CC2)cc1S(=O)(=O)N1C[C@H]2CC(N(CC3CCOCC3)C(=O)OCc3ccccc3)C[C@H]2C1.Cn1nc(C2CC2)cc1S(=O)(=O)N1C[C@H]2CC(N(CC3CCOCC3)C(=O)OCc3ccccc3)C[C@H]2C1. The number of amides is 2. The van der Waals surface area contributed by atoms with Crippen molar-refractivity contribution in [2.45, 2.75) is 124 Å². The maximum Gasteiger partial charge on any atom is 0.410 e. The molecule has 8 aliphatic rings. The topological polar surface area (TPSA) is 188 Å². The highest BCUT2D eigenvalue weighted by molar-refractivity contribution is 7.89. The number of nitrogens with zero attached hydrogens (tertiary/aromatic N) is 8. The van der Waals surface area contributed by atoms with Gasteiger partial charge >= 0.3 is 12.2 Å². The van der Waals surface area contributed by atoms with Crippen molar-refractivity contribution in [2.24, 2.45) is 49.6 Å². The van der Waals surface area contributed by atoms with Crippen LogP contribution in [-0.2, 0) is 66.3 Å². The van der Waals surface area contributed by atoms with Gasteiger partial charge in [0, 0.05) is 116 Å². The Morgan fingerprint density at radius 1 is 0.539 bits per heavy atom. The lowest BCUT2D eigenvalue weighted by Gasteiger charge is -2.34. The van der Waals surface area contributed by atoms with E-state index < -0.39 is 20.0 Å². The molecule has 2 amide bonds. The average Bonchev–Trinajstić information content (AvgIpc) is 4.16. The molecule has 4 saturated heterocycles. The molecule has 4 aliphatic heterocycles. The van der Waals surface area contributed by atoms with Gasteiger partial charge in [-0.25, -0.2) is 26.4 Å². The molecule has 0 spiro atoms. The number of aromatic nitrogens is 4. The summed E-state index contributed by atoms with van der Waals surface area (Å²) in [5.41, 5.74) is 3.72. The Kier molecular flexibility index (Phi) is 16.0. The van der Waals surface area contributed by atoms with Crippen LogP contribution in [0.3, 0.4) is 0 Å².